The van der Waals surface area contributed by atoms with Gasteiger partial charge in [-0.25, -0.2) is 0 Å². The summed E-state index contributed by atoms with van der Waals surface area (Å²) in [5.41, 5.74) is -0.0968. The summed E-state index contributed by atoms with van der Waals surface area (Å²) in [7, 11) is 0. The van der Waals surface area contributed by atoms with E-state index in [9.17, 15) is 19.5 Å². The molecule has 1 spiro atoms. The molecule has 2 fully saturated rings. The van der Waals surface area contributed by atoms with Crippen LogP contribution in [0.3, 0.4) is 0 Å². The summed E-state index contributed by atoms with van der Waals surface area (Å²) >= 11 is 0. The van der Waals surface area contributed by atoms with Crippen molar-refractivity contribution in [2.45, 2.75) is 111 Å². The summed E-state index contributed by atoms with van der Waals surface area (Å²) in [6.07, 6.45) is 3.46. The van der Waals surface area contributed by atoms with Gasteiger partial charge in [0.05, 0.1) is 6.10 Å². The predicted molar refractivity (Wildman–Crippen MR) is 141 cm³/mol. The second-order valence-corrected chi connectivity index (χ2v) is 11.3. The van der Waals surface area contributed by atoms with Crippen molar-refractivity contribution in [3.63, 3.8) is 0 Å². The molecule has 3 rings (SSSR count). The smallest absolute Gasteiger partial charge is 0.308 e. The number of ether oxygens (including phenoxy) is 4. The highest BCUT2D eigenvalue weighted by Crippen LogP contribution is 2.67. The fourth-order valence-electron chi connectivity index (χ4n) is 6.71. The van der Waals surface area contributed by atoms with Crippen molar-refractivity contribution < 1.29 is 38.4 Å². The maximum Gasteiger partial charge on any atom is 0.308 e. The molecule has 1 aliphatic heterocycles. The van der Waals surface area contributed by atoms with E-state index >= 15 is 0 Å². The summed E-state index contributed by atoms with van der Waals surface area (Å²) in [5, 5.41) is 11.1. The van der Waals surface area contributed by atoms with E-state index in [1.165, 1.54) is 6.92 Å². The van der Waals surface area contributed by atoms with Crippen molar-refractivity contribution in [2.75, 3.05) is 0 Å². The lowest BCUT2D eigenvalue weighted by Gasteiger charge is -2.60. The first kappa shape index (κ1) is 30.1. The molecule has 0 unspecified atom stereocenters. The molecule has 1 saturated carbocycles. The summed E-state index contributed by atoms with van der Waals surface area (Å²) in [6, 6.07) is 0. The van der Waals surface area contributed by atoms with Crippen LogP contribution in [0.5, 0.6) is 0 Å². The number of hydrogen-bond acceptors (Lipinski definition) is 8. The molecule has 3 aliphatic rings. The molecule has 38 heavy (non-hydrogen) atoms. The highest BCUT2D eigenvalue weighted by Gasteiger charge is 2.72. The van der Waals surface area contributed by atoms with Gasteiger partial charge >= 0.3 is 17.9 Å². The van der Waals surface area contributed by atoms with Gasteiger partial charge in [0.25, 0.3) is 0 Å². The van der Waals surface area contributed by atoms with Gasteiger partial charge in [-0.05, 0) is 61.9 Å². The quantitative estimate of drug-likeness (QED) is 0.168. The van der Waals surface area contributed by atoms with Crippen LogP contribution in [-0.2, 0) is 33.3 Å². The standard InChI is InChI=1S/C30H44O8/c1-8-11-25(33)36-24-15-19(5)29(7,14-13-18(4)10-3)23-17-21(32)16-22-27(37-26(34)12-9-2)38-28(30(22,23)24)35-20(6)31/h10,16,19,21,23-24,27-28,32H,3-4,8-9,11-15,17H2,1-2,5-7H3/t19-,21+,23+,24+,27+,28-,29-,30-/m0/s1. The van der Waals surface area contributed by atoms with Crippen LogP contribution in [0.4, 0.5) is 0 Å². The fourth-order valence-corrected chi connectivity index (χ4v) is 6.71. The van der Waals surface area contributed by atoms with Gasteiger partial charge in [-0.15, -0.1) is 0 Å². The molecule has 1 saturated heterocycles. The maximum absolute atomic E-state index is 12.9. The van der Waals surface area contributed by atoms with Crippen LogP contribution in [0.1, 0.15) is 86.0 Å². The van der Waals surface area contributed by atoms with Gasteiger partial charge in [-0.2, -0.15) is 0 Å². The average Bonchev–Trinajstić information content (AvgIpc) is 3.13. The zero-order valence-corrected chi connectivity index (χ0v) is 23.5. The molecular formula is C30H44O8. The van der Waals surface area contributed by atoms with Gasteiger partial charge in [0.15, 0.2) is 0 Å². The molecule has 0 bridgehead atoms. The largest absolute Gasteiger partial charge is 0.461 e. The Morgan fingerprint density at radius 1 is 1.11 bits per heavy atom. The lowest BCUT2D eigenvalue weighted by Crippen LogP contribution is -2.63. The number of hydrogen-bond donors (Lipinski definition) is 1. The Morgan fingerprint density at radius 3 is 2.32 bits per heavy atom. The molecule has 0 amide bonds. The van der Waals surface area contributed by atoms with Gasteiger partial charge in [0.2, 0.25) is 12.6 Å². The Morgan fingerprint density at radius 2 is 1.74 bits per heavy atom. The average molecular weight is 533 g/mol. The van der Waals surface area contributed by atoms with Crippen molar-refractivity contribution in [3.05, 3.63) is 36.5 Å². The first-order chi connectivity index (χ1) is 17.9. The van der Waals surface area contributed by atoms with Crippen LogP contribution < -0.4 is 0 Å². The summed E-state index contributed by atoms with van der Waals surface area (Å²) < 4.78 is 23.9. The molecule has 0 aromatic carbocycles. The molecule has 0 aromatic rings. The van der Waals surface area contributed by atoms with Crippen LogP contribution in [0.15, 0.2) is 36.5 Å². The van der Waals surface area contributed by atoms with Crippen molar-refractivity contribution in [1.29, 1.82) is 0 Å². The number of carbonyl (C=O) groups is 3. The molecular weight excluding hydrogens is 488 g/mol. The summed E-state index contributed by atoms with van der Waals surface area (Å²) in [4.78, 5) is 37.8. The molecule has 0 radical (unpaired) electrons. The van der Waals surface area contributed by atoms with Crippen molar-refractivity contribution in [2.24, 2.45) is 22.7 Å². The highest BCUT2D eigenvalue weighted by atomic mass is 16.8. The van der Waals surface area contributed by atoms with E-state index in [1.54, 1.807) is 12.2 Å². The first-order valence-corrected chi connectivity index (χ1v) is 13.9. The zero-order chi connectivity index (χ0) is 28.3. The number of esters is 3. The van der Waals surface area contributed by atoms with Gasteiger partial charge < -0.3 is 19.3 Å². The first-order valence-electron chi connectivity index (χ1n) is 13.9. The third kappa shape index (κ3) is 5.62. The number of aliphatic hydroxyl groups excluding tert-OH is 1. The number of allylic oxidation sites excluding steroid dienone is 2. The Bertz CT molecular complexity index is 969. The van der Waals surface area contributed by atoms with Gasteiger partial charge in [0, 0.05) is 25.3 Å². The molecule has 8 atom stereocenters. The monoisotopic (exact) mass is 532 g/mol. The van der Waals surface area contributed by atoms with E-state index in [0.29, 0.717) is 37.7 Å². The number of carbonyl (C=O) groups excluding carboxylic acids is 3. The van der Waals surface area contributed by atoms with Gasteiger partial charge in [0.1, 0.15) is 11.5 Å². The van der Waals surface area contributed by atoms with Crippen molar-refractivity contribution in [1.82, 2.24) is 0 Å². The molecule has 8 nitrogen and oxygen atoms in total. The third-order valence-electron chi connectivity index (χ3n) is 8.81. The summed E-state index contributed by atoms with van der Waals surface area (Å²) in [5.74, 6) is -1.60. The van der Waals surface area contributed by atoms with Gasteiger partial charge in [-0.1, -0.05) is 52.5 Å². The second-order valence-electron chi connectivity index (χ2n) is 11.3. The van der Waals surface area contributed by atoms with Crippen LogP contribution in [-0.4, -0.2) is 47.8 Å². The van der Waals surface area contributed by atoms with Crippen LogP contribution in [0.25, 0.3) is 0 Å². The third-order valence-corrected chi connectivity index (χ3v) is 8.81. The topological polar surface area (TPSA) is 108 Å². The molecule has 0 aromatic heterocycles. The second kappa shape index (κ2) is 12.2. The zero-order valence-electron chi connectivity index (χ0n) is 23.5. The van der Waals surface area contributed by atoms with E-state index in [1.807, 2.05) is 13.8 Å². The van der Waals surface area contributed by atoms with E-state index in [2.05, 4.69) is 27.0 Å². The lowest BCUT2D eigenvalue weighted by molar-refractivity contribution is -0.258. The van der Waals surface area contributed by atoms with E-state index in [-0.39, 0.29) is 36.1 Å². The normalized spacial score (nSPS) is 35.8. The van der Waals surface area contributed by atoms with E-state index in [0.717, 1.165) is 12.0 Å². The lowest BCUT2D eigenvalue weighted by atomic mass is 9.45. The number of aliphatic hydroxyl groups is 1. The molecule has 8 heteroatoms. The van der Waals surface area contributed by atoms with Gasteiger partial charge in [-0.3, -0.25) is 19.1 Å². The van der Waals surface area contributed by atoms with E-state index in [4.69, 9.17) is 18.9 Å². The van der Waals surface area contributed by atoms with Crippen molar-refractivity contribution >= 4 is 17.9 Å². The SMILES string of the molecule is C=CC(=C)CC[C@]1(C)[C@H]2C[C@H](O)C=C3[C@H](OC(=O)CCC)O[C@H](OC(C)=O)[C@@]32[C@H](OC(=O)CCC)C[C@@H]1C. The Balaban J connectivity index is 2.20. The molecule has 1 heterocycles. The minimum absolute atomic E-state index is 0.0846. The number of rotatable bonds is 11. The predicted octanol–water partition coefficient (Wildman–Crippen LogP) is 5.15. The van der Waals surface area contributed by atoms with E-state index < -0.39 is 42.1 Å². The maximum atomic E-state index is 12.9. The van der Waals surface area contributed by atoms with Crippen molar-refractivity contribution in [3.8, 4) is 0 Å². The van der Waals surface area contributed by atoms with Crippen LogP contribution in [0, 0.1) is 22.7 Å². The molecule has 1 N–H and O–H groups in total. The Hall–Kier alpha value is -2.45. The highest BCUT2D eigenvalue weighted by molar-refractivity contribution is 5.71. The molecule has 212 valence electrons. The minimum Gasteiger partial charge on any atom is -0.461 e. The van der Waals surface area contributed by atoms with Crippen LogP contribution in [0.2, 0.25) is 0 Å². The Labute approximate surface area is 226 Å². The summed E-state index contributed by atoms with van der Waals surface area (Å²) in [6.45, 7) is 17.3. The minimum atomic E-state index is -1.16. The Kier molecular flexibility index (Phi) is 9.63. The fraction of sp³-hybridized carbons (Fsp3) is 0.700. The molecule has 2 aliphatic carbocycles. The van der Waals surface area contributed by atoms with Crippen LogP contribution >= 0.6 is 0 Å².